The highest BCUT2D eigenvalue weighted by molar-refractivity contribution is 5.10. The van der Waals surface area contributed by atoms with Gasteiger partial charge in [-0.1, -0.05) is 0 Å². The first kappa shape index (κ1) is 17.5. The standard InChI is InChI=1S/C24H40N4/c1-2-14-10-18-7-8-20-12-16-4-3-15-11-19(27-23(15)24(16)28-20)6-5-17-9-13(1)21(25-17)22(14)26-18/h13-28H,1-12H2. The molecule has 4 heteroatoms. The van der Waals surface area contributed by atoms with Crippen LogP contribution in [0.15, 0.2) is 0 Å². The van der Waals surface area contributed by atoms with Crippen LogP contribution < -0.4 is 21.3 Å². The molecule has 0 spiro atoms. The van der Waals surface area contributed by atoms with E-state index in [9.17, 15) is 0 Å². The Morgan fingerprint density at radius 1 is 0.321 bits per heavy atom. The van der Waals surface area contributed by atoms with Crippen molar-refractivity contribution in [2.45, 2.75) is 125 Å². The van der Waals surface area contributed by atoms with Gasteiger partial charge in [0.2, 0.25) is 0 Å². The van der Waals surface area contributed by atoms with Crippen LogP contribution in [0.3, 0.4) is 0 Å². The molecule has 12 unspecified atom stereocenters. The van der Waals surface area contributed by atoms with E-state index in [1.54, 1.807) is 0 Å². The lowest BCUT2D eigenvalue weighted by atomic mass is 9.75. The summed E-state index contributed by atoms with van der Waals surface area (Å²) in [5.41, 5.74) is 0. The van der Waals surface area contributed by atoms with Gasteiger partial charge in [-0.05, 0) is 101 Å². The number of fused-ring (bicyclic) bond motifs is 4. The highest BCUT2D eigenvalue weighted by atomic mass is 15.1. The zero-order chi connectivity index (χ0) is 18.2. The maximum atomic E-state index is 4.15. The van der Waals surface area contributed by atoms with E-state index < -0.39 is 0 Å². The fraction of sp³-hybridized carbons (Fsp3) is 1.00. The Bertz CT molecular complexity index is 505. The maximum absolute atomic E-state index is 4.15. The molecule has 7 fully saturated rings. The lowest BCUT2D eigenvalue weighted by molar-refractivity contribution is 0.216. The van der Waals surface area contributed by atoms with Gasteiger partial charge >= 0.3 is 0 Å². The van der Waals surface area contributed by atoms with Crippen molar-refractivity contribution in [1.82, 2.24) is 21.3 Å². The Hall–Kier alpha value is -0.160. The van der Waals surface area contributed by atoms with Gasteiger partial charge in [-0.15, -0.1) is 0 Å². The Balaban J connectivity index is 1.14. The molecular weight excluding hydrogens is 344 g/mol. The van der Waals surface area contributed by atoms with Crippen molar-refractivity contribution in [3.8, 4) is 0 Å². The fourth-order valence-corrected chi connectivity index (χ4v) is 9.20. The third-order valence-electron chi connectivity index (χ3n) is 10.4. The summed E-state index contributed by atoms with van der Waals surface area (Å²) in [5, 5.41) is 16.6. The molecule has 12 atom stereocenters. The van der Waals surface area contributed by atoms with Crippen LogP contribution in [0.2, 0.25) is 0 Å². The summed E-state index contributed by atoms with van der Waals surface area (Å²) in [6.45, 7) is 0. The minimum atomic E-state index is 0.774. The predicted molar refractivity (Wildman–Crippen MR) is 112 cm³/mol. The molecule has 0 aromatic heterocycles. The first-order valence-electron chi connectivity index (χ1n) is 12.8. The second-order valence-electron chi connectivity index (χ2n) is 11.9. The summed E-state index contributed by atoms with van der Waals surface area (Å²) < 4.78 is 0. The monoisotopic (exact) mass is 384 g/mol. The smallest absolute Gasteiger partial charge is 0.0255 e. The summed E-state index contributed by atoms with van der Waals surface area (Å²) >= 11 is 0. The number of hydrogen-bond donors (Lipinski definition) is 4. The third kappa shape index (κ3) is 2.77. The summed E-state index contributed by atoms with van der Waals surface area (Å²) in [5.74, 6) is 3.80. The molecule has 5 saturated heterocycles. The van der Waals surface area contributed by atoms with E-state index in [1.165, 1.54) is 77.0 Å². The lowest BCUT2D eigenvalue weighted by Gasteiger charge is -2.36. The van der Waals surface area contributed by atoms with Crippen molar-refractivity contribution in [1.29, 1.82) is 0 Å². The van der Waals surface area contributed by atoms with E-state index in [0.717, 1.165) is 72.0 Å². The molecule has 4 nitrogen and oxygen atoms in total. The van der Waals surface area contributed by atoms with Crippen molar-refractivity contribution in [2.75, 3.05) is 0 Å². The van der Waals surface area contributed by atoms with Gasteiger partial charge in [-0.2, -0.15) is 0 Å². The van der Waals surface area contributed by atoms with E-state index in [1.807, 2.05) is 0 Å². The number of nitrogens with one attached hydrogen (secondary N) is 4. The van der Waals surface area contributed by atoms with E-state index in [2.05, 4.69) is 21.3 Å². The average molecular weight is 385 g/mol. The molecule has 0 aromatic rings. The molecule has 0 amide bonds. The highest BCUT2D eigenvalue weighted by Gasteiger charge is 2.51. The largest absolute Gasteiger partial charge is 0.309 e. The molecule has 2 saturated carbocycles. The van der Waals surface area contributed by atoms with Crippen molar-refractivity contribution in [2.24, 2.45) is 23.7 Å². The molecule has 0 radical (unpaired) electrons. The number of rotatable bonds is 0. The number of hydrogen-bond acceptors (Lipinski definition) is 4. The van der Waals surface area contributed by atoms with Crippen LogP contribution in [0.5, 0.6) is 0 Å². The highest BCUT2D eigenvalue weighted by Crippen LogP contribution is 2.45. The molecule has 7 aliphatic rings. The average Bonchev–Trinajstić information content (AvgIpc) is 3.45. The molecule has 156 valence electrons. The lowest BCUT2D eigenvalue weighted by Crippen LogP contribution is -2.53. The molecular formula is C24H40N4. The molecule has 8 bridgehead atoms. The molecule has 5 aliphatic heterocycles. The van der Waals surface area contributed by atoms with Crippen LogP contribution in [0.25, 0.3) is 0 Å². The van der Waals surface area contributed by atoms with E-state index in [-0.39, 0.29) is 0 Å². The zero-order valence-electron chi connectivity index (χ0n) is 17.4. The van der Waals surface area contributed by atoms with Crippen LogP contribution in [-0.4, -0.2) is 48.3 Å². The second kappa shape index (κ2) is 6.67. The van der Waals surface area contributed by atoms with Crippen molar-refractivity contribution in [3.63, 3.8) is 0 Å². The summed E-state index contributed by atoms with van der Waals surface area (Å²) in [6.07, 6.45) is 17.4. The predicted octanol–water partition coefficient (Wildman–Crippen LogP) is 2.53. The van der Waals surface area contributed by atoms with Gasteiger partial charge in [0.25, 0.3) is 0 Å². The van der Waals surface area contributed by atoms with E-state index >= 15 is 0 Å². The second-order valence-corrected chi connectivity index (χ2v) is 11.9. The van der Waals surface area contributed by atoms with Gasteiger partial charge in [0, 0.05) is 48.3 Å². The summed E-state index contributed by atoms with van der Waals surface area (Å²) in [7, 11) is 0. The van der Waals surface area contributed by atoms with Gasteiger partial charge < -0.3 is 21.3 Å². The van der Waals surface area contributed by atoms with E-state index in [0.29, 0.717) is 0 Å². The molecule has 7 rings (SSSR count). The Morgan fingerprint density at radius 3 is 0.821 bits per heavy atom. The third-order valence-corrected chi connectivity index (χ3v) is 10.4. The normalized spacial score (nSPS) is 60.0. The SMILES string of the molecule is C1CC2CC3CCC4CC(CCC5CC6CCC7CC1NC7C6N5)NC4C3N2. The van der Waals surface area contributed by atoms with E-state index in [4.69, 9.17) is 0 Å². The molecule has 28 heavy (non-hydrogen) atoms. The molecule has 5 heterocycles. The summed E-state index contributed by atoms with van der Waals surface area (Å²) in [4.78, 5) is 0. The van der Waals surface area contributed by atoms with Gasteiger partial charge in [0.1, 0.15) is 0 Å². The molecule has 4 N–H and O–H groups in total. The minimum absolute atomic E-state index is 0.774. The van der Waals surface area contributed by atoms with Crippen LogP contribution in [0.1, 0.15) is 77.0 Å². The van der Waals surface area contributed by atoms with Crippen LogP contribution >= 0.6 is 0 Å². The van der Waals surface area contributed by atoms with Crippen LogP contribution in [0, 0.1) is 23.7 Å². The van der Waals surface area contributed by atoms with Gasteiger partial charge in [0.05, 0.1) is 0 Å². The maximum Gasteiger partial charge on any atom is 0.0255 e. The van der Waals surface area contributed by atoms with Crippen molar-refractivity contribution < 1.29 is 0 Å². The fourth-order valence-electron chi connectivity index (χ4n) is 9.20. The zero-order valence-corrected chi connectivity index (χ0v) is 17.4. The van der Waals surface area contributed by atoms with Gasteiger partial charge in [-0.3, -0.25) is 0 Å². The first-order valence-corrected chi connectivity index (χ1v) is 12.8. The van der Waals surface area contributed by atoms with Gasteiger partial charge in [0.15, 0.2) is 0 Å². The van der Waals surface area contributed by atoms with Gasteiger partial charge in [-0.25, -0.2) is 0 Å². The Labute approximate surface area is 170 Å². The Morgan fingerprint density at radius 2 is 0.571 bits per heavy atom. The first-order chi connectivity index (χ1) is 13.8. The topological polar surface area (TPSA) is 48.1 Å². The molecule has 0 aromatic carbocycles. The van der Waals surface area contributed by atoms with Crippen LogP contribution in [0.4, 0.5) is 0 Å². The van der Waals surface area contributed by atoms with Crippen molar-refractivity contribution >= 4 is 0 Å². The molecule has 2 aliphatic carbocycles. The Kier molecular flexibility index (Phi) is 4.17. The van der Waals surface area contributed by atoms with Crippen LogP contribution in [-0.2, 0) is 0 Å². The van der Waals surface area contributed by atoms with Crippen molar-refractivity contribution in [3.05, 3.63) is 0 Å². The minimum Gasteiger partial charge on any atom is -0.309 e. The summed E-state index contributed by atoms with van der Waals surface area (Å²) in [6, 6.07) is 6.24. The quantitative estimate of drug-likeness (QED) is 0.518.